The zero-order valence-electron chi connectivity index (χ0n) is 19.3. The smallest absolute Gasteiger partial charge is 0.248 e. The molecule has 1 unspecified atom stereocenters. The Kier molecular flexibility index (Phi) is 8.75. The Morgan fingerprint density at radius 2 is 1.36 bits per heavy atom. The molecule has 0 saturated carbocycles. The maximum absolute atomic E-state index is 12.6. The Bertz CT molecular complexity index is 958. The number of fused-ring (bicyclic) bond motifs is 1. The highest BCUT2D eigenvalue weighted by Gasteiger charge is 2.37. The number of aryl methyl sites for hydroxylation is 1. The summed E-state index contributed by atoms with van der Waals surface area (Å²) in [5, 5.41) is 29.1. The molecule has 1 heterocycles. The van der Waals surface area contributed by atoms with Crippen molar-refractivity contribution in [3.05, 3.63) is 47.0 Å². The third kappa shape index (κ3) is 6.28. The highest BCUT2D eigenvalue weighted by molar-refractivity contribution is 6.46. The van der Waals surface area contributed by atoms with E-state index in [9.17, 15) is 24.9 Å². The molecule has 0 fully saturated rings. The van der Waals surface area contributed by atoms with Crippen LogP contribution >= 0.6 is 0 Å². The molecular formula is C27H34O6. The van der Waals surface area contributed by atoms with Crippen molar-refractivity contribution >= 4 is 11.6 Å². The van der Waals surface area contributed by atoms with Crippen LogP contribution in [0.25, 0.3) is 0 Å². The van der Waals surface area contributed by atoms with Crippen LogP contribution in [0.15, 0.2) is 30.3 Å². The number of aromatic hydroxyl groups is 3. The van der Waals surface area contributed by atoms with Gasteiger partial charge in [0.05, 0.1) is 5.56 Å². The van der Waals surface area contributed by atoms with E-state index in [-0.39, 0.29) is 11.1 Å². The van der Waals surface area contributed by atoms with Crippen LogP contribution < -0.4 is 4.74 Å². The summed E-state index contributed by atoms with van der Waals surface area (Å²) in [5.74, 6) is -2.99. The van der Waals surface area contributed by atoms with E-state index in [0.717, 1.165) is 37.0 Å². The number of rotatable bonds is 12. The van der Waals surface area contributed by atoms with Gasteiger partial charge in [-0.2, -0.15) is 0 Å². The van der Waals surface area contributed by atoms with Crippen LogP contribution in [0.5, 0.6) is 23.0 Å². The maximum Gasteiger partial charge on any atom is 0.248 e. The second kappa shape index (κ2) is 11.7. The molecule has 6 heteroatoms. The van der Waals surface area contributed by atoms with E-state index in [4.69, 9.17) is 4.74 Å². The van der Waals surface area contributed by atoms with Crippen molar-refractivity contribution in [2.24, 2.45) is 0 Å². The zero-order valence-corrected chi connectivity index (χ0v) is 19.3. The topological polar surface area (TPSA) is 104 Å². The number of unbranched alkanes of at least 4 members (excludes halogenated alkanes) is 9. The quantitative estimate of drug-likeness (QED) is 0.202. The first-order chi connectivity index (χ1) is 15.9. The Hall–Kier alpha value is -3.02. The SMILES string of the molecule is CCCCCCCCCCCCc1ccc2c(c1)OC(c1cc(O)c(O)c(O)c1)C(=O)C2=O. The highest BCUT2D eigenvalue weighted by atomic mass is 16.5. The van der Waals surface area contributed by atoms with Gasteiger partial charge < -0.3 is 20.1 Å². The lowest BCUT2D eigenvalue weighted by Crippen LogP contribution is -2.31. The average Bonchev–Trinajstić information content (AvgIpc) is 2.80. The summed E-state index contributed by atoms with van der Waals surface area (Å²) >= 11 is 0. The molecule has 0 bridgehead atoms. The van der Waals surface area contributed by atoms with Crippen LogP contribution in [-0.2, 0) is 11.2 Å². The van der Waals surface area contributed by atoms with E-state index in [1.807, 2.05) is 6.07 Å². The van der Waals surface area contributed by atoms with Crippen molar-refractivity contribution in [1.29, 1.82) is 0 Å². The second-order valence-corrected chi connectivity index (χ2v) is 8.86. The monoisotopic (exact) mass is 454 g/mol. The Morgan fingerprint density at radius 1 is 0.788 bits per heavy atom. The van der Waals surface area contributed by atoms with Gasteiger partial charge in [0.1, 0.15) is 5.75 Å². The first kappa shape index (κ1) is 24.6. The molecule has 2 aromatic carbocycles. The number of hydrogen-bond donors (Lipinski definition) is 3. The molecule has 1 atom stereocenters. The fourth-order valence-electron chi connectivity index (χ4n) is 4.25. The minimum absolute atomic E-state index is 0.104. The predicted octanol–water partition coefficient (Wildman–Crippen LogP) is 6.15. The Labute approximate surface area is 195 Å². The highest BCUT2D eigenvalue weighted by Crippen LogP contribution is 2.40. The largest absolute Gasteiger partial charge is 0.504 e. The lowest BCUT2D eigenvalue weighted by molar-refractivity contribution is -0.122. The molecule has 33 heavy (non-hydrogen) atoms. The number of phenolic OH excluding ortho intramolecular Hbond substituents is 3. The minimum Gasteiger partial charge on any atom is -0.504 e. The molecular weight excluding hydrogens is 420 g/mol. The molecule has 0 saturated heterocycles. The summed E-state index contributed by atoms with van der Waals surface area (Å²) < 4.78 is 5.82. The number of ketones is 2. The molecule has 1 aliphatic heterocycles. The molecule has 1 aliphatic rings. The van der Waals surface area contributed by atoms with E-state index in [1.54, 1.807) is 12.1 Å². The normalized spacial score (nSPS) is 15.4. The maximum atomic E-state index is 12.6. The van der Waals surface area contributed by atoms with Gasteiger partial charge >= 0.3 is 0 Å². The standard InChI is InChI=1S/C27H34O6/c1-2-3-4-5-6-7-8-9-10-11-12-18-13-14-20-23(15-18)33-27(26(32)24(20)30)19-16-21(28)25(31)22(29)17-19/h13-17,27-29,31H,2-12H2,1H3. The van der Waals surface area contributed by atoms with Crippen LogP contribution in [0, 0.1) is 0 Å². The number of hydrogen-bond acceptors (Lipinski definition) is 6. The number of phenols is 3. The lowest BCUT2D eigenvalue weighted by Gasteiger charge is -2.25. The molecule has 0 spiro atoms. The third-order valence-corrected chi connectivity index (χ3v) is 6.21. The van der Waals surface area contributed by atoms with Crippen LogP contribution in [-0.4, -0.2) is 26.9 Å². The fourth-order valence-corrected chi connectivity index (χ4v) is 4.25. The van der Waals surface area contributed by atoms with Gasteiger partial charge in [-0.3, -0.25) is 9.59 Å². The molecule has 6 nitrogen and oxygen atoms in total. The number of carbonyl (C=O) groups is 2. The van der Waals surface area contributed by atoms with Gasteiger partial charge in [-0.1, -0.05) is 70.8 Å². The van der Waals surface area contributed by atoms with Crippen molar-refractivity contribution in [1.82, 2.24) is 0 Å². The first-order valence-corrected chi connectivity index (χ1v) is 12.0. The third-order valence-electron chi connectivity index (χ3n) is 6.21. The summed E-state index contributed by atoms with van der Waals surface area (Å²) in [5.41, 5.74) is 1.35. The zero-order chi connectivity index (χ0) is 23.8. The molecule has 3 N–H and O–H groups in total. The number of ether oxygens (including phenoxy) is 1. The van der Waals surface area contributed by atoms with Gasteiger partial charge in [-0.05, 0) is 42.7 Å². The molecule has 0 aromatic heterocycles. The van der Waals surface area contributed by atoms with Crippen molar-refractivity contribution < 1.29 is 29.6 Å². The summed E-state index contributed by atoms with van der Waals surface area (Å²) in [6.45, 7) is 2.23. The van der Waals surface area contributed by atoms with Gasteiger partial charge in [0.25, 0.3) is 0 Å². The molecule has 0 amide bonds. The summed E-state index contributed by atoms with van der Waals surface area (Å²) in [4.78, 5) is 25.1. The average molecular weight is 455 g/mol. The predicted molar refractivity (Wildman–Crippen MR) is 126 cm³/mol. The van der Waals surface area contributed by atoms with Crippen LogP contribution in [0.2, 0.25) is 0 Å². The Balaban J connectivity index is 1.55. The van der Waals surface area contributed by atoms with Gasteiger partial charge in [-0.25, -0.2) is 0 Å². The van der Waals surface area contributed by atoms with Crippen LogP contribution in [0.3, 0.4) is 0 Å². The number of Topliss-reactive ketones (excluding diaryl/α,β-unsaturated/α-hetero) is 2. The molecule has 0 aliphatic carbocycles. The molecule has 3 rings (SSSR count). The number of benzene rings is 2. The minimum atomic E-state index is -1.28. The Morgan fingerprint density at radius 3 is 1.97 bits per heavy atom. The van der Waals surface area contributed by atoms with E-state index in [1.165, 1.54) is 51.4 Å². The van der Waals surface area contributed by atoms with Crippen LogP contribution in [0.4, 0.5) is 0 Å². The molecule has 178 valence electrons. The number of carbonyl (C=O) groups excluding carboxylic acids is 2. The van der Waals surface area contributed by atoms with E-state index < -0.39 is 34.9 Å². The second-order valence-electron chi connectivity index (χ2n) is 8.86. The lowest BCUT2D eigenvalue weighted by atomic mass is 9.93. The molecule has 2 aromatic rings. The van der Waals surface area contributed by atoms with E-state index in [2.05, 4.69) is 6.92 Å². The van der Waals surface area contributed by atoms with Gasteiger partial charge in [-0.15, -0.1) is 0 Å². The van der Waals surface area contributed by atoms with Crippen molar-refractivity contribution in [3.63, 3.8) is 0 Å². The van der Waals surface area contributed by atoms with Crippen molar-refractivity contribution in [2.45, 2.75) is 83.7 Å². The van der Waals surface area contributed by atoms with Gasteiger partial charge in [0.2, 0.25) is 11.6 Å². The summed E-state index contributed by atoms with van der Waals surface area (Å²) in [7, 11) is 0. The van der Waals surface area contributed by atoms with Gasteiger partial charge in [0, 0.05) is 5.56 Å². The fraction of sp³-hybridized carbons (Fsp3) is 0.481. The first-order valence-electron chi connectivity index (χ1n) is 12.0. The van der Waals surface area contributed by atoms with Crippen molar-refractivity contribution in [2.75, 3.05) is 0 Å². The van der Waals surface area contributed by atoms with Gasteiger partial charge in [0.15, 0.2) is 23.4 Å². The van der Waals surface area contributed by atoms with E-state index in [0.29, 0.717) is 5.75 Å². The van der Waals surface area contributed by atoms with Crippen LogP contribution in [0.1, 0.15) is 98.7 Å². The van der Waals surface area contributed by atoms with E-state index >= 15 is 0 Å². The summed E-state index contributed by atoms with van der Waals surface area (Å²) in [6.07, 6.45) is 12.2. The molecule has 0 radical (unpaired) electrons. The summed E-state index contributed by atoms with van der Waals surface area (Å²) in [6, 6.07) is 7.51. The van der Waals surface area contributed by atoms with Crippen molar-refractivity contribution in [3.8, 4) is 23.0 Å².